The molecular formula is C17H20N2O2. The van der Waals surface area contributed by atoms with Crippen LogP contribution in [0.3, 0.4) is 0 Å². The van der Waals surface area contributed by atoms with Crippen LogP contribution in [0.1, 0.15) is 31.0 Å². The van der Waals surface area contributed by atoms with E-state index >= 15 is 0 Å². The molecule has 0 aliphatic heterocycles. The third-order valence-corrected chi connectivity index (χ3v) is 3.30. The molecule has 21 heavy (non-hydrogen) atoms. The molecule has 0 fully saturated rings. The molecule has 0 radical (unpaired) electrons. The average molecular weight is 284 g/mol. The molecule has 0 aliphatic rings. The zero-order valence-electron chi connectivity index (χ0n) is 12.4. The monoisotopic (exact) mass is 284 g/mol. The minimum absolute atomic E-state index is 0.0203. The number of rotatable bonds is 6. The number of nitrogens with one attached hydrogen (secondary N) is 1. The molecule has 2 aromatic rings. The highest BCUT2D eigenvalue weighted by Gasteiger charge is 2.10. The van der Waals surface area contributed by atoms with Crippen molar-refractivity contribution in [1.29, 1.82) is 0 Å². The van der Waals surface area contributed by atoms with Gasteiger partial charge in [0.1, 0.15) is 5.75 Å². The van der Waals surface area contributed by atoms with E-state index in [-0.39, 0.29) is 18.6 Å². The Balaban J connectivity index is 1.88. The van der Waals surface area contributed by atoms with Gasteiger partial charge >= 0.3 is 0 Å². The van der Waals surface area contributed by atoms with Crippen LogP contribution in [0.15, 0.2) is 48.8 Å². The summed E-state index contributed by atoms with van der Waals surface area (Å²) in [6, 6.07) is 11.5. The summed E-state index contributed by atoms with van der Waals surface area (Å²) >= 11 is 0. The SMILES string of the molecule is CCc1ccccc1OCC(=O)NC(C)c1ccncc1. The summed E-state index contributed by atoms with van der Waals surface area (Å²) in [6.07, 6.45) is 4.31. The van der Waals surface area contributed by atoms with Crippen LogP contribution in [0, 0.1) is 0 Å². The molecular weight excluding hydrogens is 264 g/mol. The maximum atomic E-state index is 11.9. The summed E-state index contributed by atoms with van der Waals surface area (Å²) in [7, 11) is 0. The predicted octanol–water partition coefficient (Wildman–Crippen LogP) is 2.90. The number of benzene rings is 1. The van der Waals surface area contributed by atoms with Crippen LogP contribution in [-0.4, -0.2) is 17.5 Å². The van der Waals surface area contributed by atoms with Gasteiger partial charge in [-0.05, 0) is 42.7 Å². The molecule has 1 amide bonds. The van der Waals surface area contributed by atoms with Gasteiger partial charge in [0.05, 0.1) is 6.04 Å². The highest BCUT2D eigenvalue weighted by atomic mass is 16.5. The number of hydrogen-bond acceptors (Lipinski definition) is 3. The van der Waals surface area contributed by atoms with Gasteiger partial charge in [-0.2, -0.15) is 0 Å². The van der Waals surface area contributed by atoms with E-state index in [1.165, 1.54) is 0 Å². The Morgan fingerprint density at radius 3 is 2.67 bits per heavy atom. The molecule has 1 atom stereocenters. The smallest absolute Gasteiger partial charge is 0.258 e. The standard InChI is InChI=1S/C17H20N2O2/c1-3-14-6-4-5-7-16(14)21-12-17(20)19-13(2)15-8-10-18-11-9-15/h4-11,13H,3,12H2,1-2H3,(H,19,20). The van der Waals surface area contributed by atoms with Crippen molar-refractivity contribution in [2.45, 2.75) is 26.3 Å². The predicted molar refractivity (Wildman–Crippen MR) is 82.1 cm³/mol. The van der Waals surface area contributed by atoms with Crippen LogP contribution in [0.5, 0.6) is 5.75 Å². The second kappa shape index (κ2) is 7.43. The summed E-state index contributed by atoms with van der Waals surface area (Å²) in [4.78, 5) is 15.9. The van der Waals surface area contributed by atoms with Gasteiger partial charge in [-0.1, -0.05) is 25.1 Å². The highest BCUT2D eigenvalue weighted by molar-refractivity contribution is 5.78. The first kappa shape index (κ1) is 15.0. The summed E-state index contributed by atoms with van der Waals surface area (Å²) in [6.45, 7) is 4.02. The number of carbonyl (C=O) groups excluding carboxylic acids is 1. The molecule has 4 heteroatoms. The largest absolute Gasteiger partial charge is 0.483 e. The number of aromatic nitrogens is 1. The van der Waals surface area contributed by atoms with Crippen LogP contribution >= 0.6 is 0 Å². The third kappa shape index (κ3) is 4.31. The Labute approximate surface area is 125 Å². The molecule has 0 bridgehead atoms. The van der Waals surface area contributed by atoms with E-state index in [4.69, 9.17) is 4.74 Å². The average Bonchev–Trinajstić information content (AvgIpc) is 2.54. The van der Waals surface area contributed by atoms with Gasteiger partial charge in [0.15, 0.2) is 6.61 Å². The van der Waals surface area contributed by atoms with E-state index in [0.29, 0.717) is 0 Å². The lowest BCUT2D eigenvalue weighted by Gasteiger charge is -2.15. The number of amides is 1. The fourth-order valence-corrected chi connectivity index (χ4v) is 2.10. The third-order valence-electron chi connectivity index (χ3n) is 3.30. The Morgan fingerprint density at radius 1 is 1.24 bits per heavy atom. The molecule has 0 saturated heterocycles. The normalized spacial score (nSPS) is 11.7. The first-order chi connectivity index (χ1) is 10.2. The lowest BCUT2D eigenvalue weighted by atomic mass is 10.1. The maximum Gasteiger partial charge on any atom is 0.258 e. The second-order valence-electron chi connectivity index (χ2n) is 4.82. The molecule has 0 aliphatic carbocycles. The fourth-order valence-electron chi connectivity index (χ4n) is 2.10. The van der Waals surface area contributed by atoms with Crippen molar-refractivity contribution in [3.63, 3.8) is 0 Å². The van der Waals surface area contributed by atoms with Crippen LogP contribution < -0.4 is 10.1 Å². The van der Waals surface area contributed by atoms with E-state index in [1.54, 1.807) is 12.4 Å². The lowest BCUT2D eigenvalue weighted by molar-refractivity contribution is -0.123. The molecule has 4 nitrogen and oxygen atoms in total. The maximum absolute atomic E-state index is 11.9. The van der Waals surface area contributed by atoms with Gasteiger partial charge in [-0.25, -0.2) is 0 Å². The lowest BCUT2D eigenvalue weighted by Crippen LogP contribution is -2.31. The minimum atomic E-state index is -0.134. The van der Waals surface area contributed by atoms with Gasteiger partial charge in [-0.15, -0.1) is 0 Å². The molecule has 1 aromatic heterocycles. The van der Waals surface area contributed by atoms with E-state index in [1.807, 2.05) is 43.3 Å². The number of carbonyl (C=O) groups is 1. The highest BCUT2D eigenvalue weighted by Crippen LogP contribution is 2.18. The first-order valence-corrected chi connectivity index (χ1v) is 7.10. The molecule has 0 saturated carbocycles. The quantitative estimate of drug-likeness (QED) is 0.887. The van der Waals surface area contributed by atoms with E-state index in [0.717, 1.165) is 23.3 Å². The van der Waals surface area contributed by atoms with Gasteiger partial charge in [0.2, 0.25) is 0 Å². The summed E-state index contributed by atoms with van der Waals surface area (Å²) < 4.78 is 5.60. The van der Waals surface area contributed by atoms with Crippen LogP contribution in [-0.2, 0) is 11.2 Å². The Hall–Kier alpha value is -2.36. The molecule has 1 aromatic carbocycles. The number of para-hydroxylation sites is 1. The van der Waals surface area contributed by atoms with Crippen LogP contribution in [0.2, 0.25) is 0 Å². The summed E-state index contributed by atoms with van der Waals surface area (Å²) in [5.74, 6) is 0.636. The van der Waals surface area contributed by atoms with E-state index in [2.05, 4.69) is 17.2 Å². The molecule has 110 valence electrons. The first-order valence-electron chi connectivity index (χ1n) is 7.10. The van der Waals surface area contributed by atoms with Crippen molar-refractivity contribution in [1.82, 2.24) is 10.3 Å². The van der Waals surface area contributed by atoms with Gasteiger partial charge in [0.25, 0.3) is 5.91 Å². The van der Waals surface area contributed by atoms with Gasteiger partial charge < -0.3 is 10.1 Å². The molecule has 0 spiro atoms. The number of aryl methyl sites for hydroxylation is 1. The van der Waals surface area contributed by atoms with Crippen molar-refractivity contribution >= 4 is 5.91 Å². The number of ether oxygens (including phenoxy) is 1. The number of hydrogen-bond donors (Lipinski definition) is 1. The van der Waals surface area contributed by atoms with Crippen LogP contribution in [0.4, 0.5) is 0 Å². The molecule has 1 unspecified atom stereocenters. The topological polar surface area (TPSA) is 51.2 Å². The van der Waals surface area contributed by atoms with Crippen LogP contribution in [0.25, 0.3) is 0 Å². The van der Waals surface area contributed by atoms with Crippen molar-refractivity contribution in [3.8, 4) is 5.75 Å². The molecule has 1 N–H and O–H groups in total. The molecule has 1 heterocycles. The number of nitrogens with zero attached hydrogens (tertiary/aromatic N) is 1. The Kier molecular flexibility index (Phi) is 5.32. The van der Waals surface area contributed by atoms with Crippen molar-refractivity contribution in [2.24, 2.45) is 0 Å². The van der Waals surface area contributed by atoms with Crippen molar-refractivity contribution < 1.29 is 9.53 Å². The van der Waals surface area contributed by atoms with E-state index in [9.17, 15) is 4.79 Å². The fraction of sp³-hybridized carbons (Fsp3) is 0.294. The summed E-state index contributed by atoms with van der Waals surface area (Å²) in [5, 5.41) is 2.91. The van der Waals surface area contributed by atoms with Gasteiger partial charge in [-0.3, -0.25) is 9.78 Å². The minimum Gasteiger partial charge on any atom is -0.483 e. The number of pyridine rings is 1. The Morgan fingerprint density at radius 2 is 1.95 bits per heavy atom. The molecule has 2 rings (SSSR count). The van der Waals surface area contributed by atoms with Crippen molar-refractivity contribution in [2.75, 3.05) is 6.61 Å². The van der Waals surface area contributed by atoms with Crippen molar-refractivity contribution in [3.05, 3.63) is 59.9 Å². The summed E-state index contributed by atoms with van der Waals surface area (Å²) in [5.41, 5.74) is 2.12. The van der Waals surface area contributed by atoms with E-state index < -0.39 is 0 Å². The second-order valence-corrected chi connectivity index (χ2v) is 4.82. The Bertz CT molecular complexity index is 584. The zero-order valence-corrected chi connectivity index (χ0v) is 12.4. The zero-order chi connectivity index (χ0) is 15.1. The van der Waals surface area contributed by atoms with Gasteiger partial charge in [0, 0.05) is 12.4 Å².